The molecule has 0 radical (unpaired) electrons. The van der Waals surface area contributed by atoms with Crippen LogP contribution in [0.15, 0.2) is 42.5 Å². The lowest BCUT2D eigenvalue weighted by atomic mass is 9.93. The van der Waals surface area contributed by atoms with Crippen LogP contribution in [0.2, 0.25) is 5.02 Å². The summed E-state index contributed by atoms with van der Waals surface area (Å²) in [7, 11) is 0. The summed E-state index contributed by atoms with van der Waals surface area (Å²) < 4.78 is 19.1. The highest BCUT2D eigenvalue weighted by Crippen LogP contribution is 2.34. The van der Waals surface area contributed by atoms with E-state index in [4.69, 9.17) is 27.9 Å². The Morgan fingerprint density at radius 3 is 2.86 bits per heavy atom. The van der Waals surface area contributed by atoms with Crippen LogP contribution in [0.25, 0.3) is 0 Å². The standard InChI is InChI=1S/C17H15Cl2FO/c18-10-13(11-2-1-3-14(19)6-11)9-16-8-12-7-15(20)4-5-17(12)21-16/h1-7,13,16H,8-10H2. The molecule has 0 aliphatic carbocycles. The van der Waals surface area contributed by atoms with E-state index in [-0.39, 0.29) is 17.8 Å². The van der Waals surface area contributed by atoms with Crippen LogP contribution in [-0.2, 0) is 6.42 Å². The van der Waals surface area contributed by atoms with E-state index in [0.717, 1.165) is 29.7 Å². The van der Waals surface area contributed by atoms with Gasteiger partial charge in [-0.1, -0.05) is 23.7 Å². The van der Waals surface area contributed by atoms with Crippen LogP contribution in [0.3, 0.4) is 0 Å². The van der Waals surface area contributed by atoms with E-state index in [1.165, 1.54) is 6.07 Å². The summed E-state index contributed by atoms with van der Waals surface area (Å²) in [6.45, 7) is 0. The Kier molecular flexibility index (Phi) is 4.37. The molecule has 21 heavy (non-hydrogen) atoms. The molecule has 0 saturated heterocycles. The molecule has 1 heterocycles. The van der Waals surface area contributed by atoms with Crippen LogP contribution < -0.4 is 4.74 Å². The number of ether oxygens (including phenoxy) is 1. The number of hydrogen-bond acceptors (Lipinski definition) is 1. The monoisotopic (exact) mass is 324 g/mol. The van der Waals surface area contributed by atoms with Gasteiger partial charge in [-0.05, 0) is 42.3 Å². The third kappa shape index (κ3) is 3.33. The predicted molar refractivity (Wildman–Crippen MR) is 84.1 cm³/mol. The first-order chi connectivity index (χ1) is 10.2. The third-order valence-electron chi connectivity index (χ3n) is 3.82. The molecule has 2 aromatic rings. The average molecular weight is 325 g/mol. The molecule has 0 N–H and O–H groups in total. The highest BCUT2D eigenvalue weighted by molar-refractivity contribution is 6.30. The van der Waals surface area contributed by atoms with E-state index in [2.05, 4.69) is 0 Å². The van der Waals surface area contributed by atoms with Gasteiger partial charge in [-0.3, -0.25) is 0 Å². The number of fused-ring (bicyclic) bond motifs is 1. The van der Waals surface area contributed by atoms with Gasteiger partial charge in [0.25, 0.3) is 0 Å². The zero-order valence-corrected chi connectivity index (χ0v) is 12.9. The molecule has 110 valence electrons. The maximum Gasteiger partial charge on any atom is 0.123 e. The second-order valence-electron chi connectivity index (χ2n) is 5.34. The van der Waals surface area contributed by atoms with Gasteiger partial charge in [-0.2, -0.15) is 0 Å². The topological polar surface area (TPSA) is 9.23 Å². The molecule has 1 aliphatic rings. The fourth-order valence-corrected chi connectivity index (χ4v) is 3.29. The molecule has 2 aromatic carbocycles. The largest absolute Gasteiger partial charge is 0.490 e. The first-order valence-corrected chi connectivity index (χ1v) is 7.83. The smallest absolute Gasteiger partial charge is 0.123 e. The van der Waals surface area contributed by atoms with Crippen molar-refractivity contribution in [3.05, 3.63) is 64.4 Å². The van der Waals surface area contributed by atoms with E-state index in [1.807, 2.05) is 24.3 Å². The molecular formula is C17H15Cl2FO. The van der Waals surface area contributed by atoms with Crippen LogP contribution in [-0.4, -0.2) is 12.0 Å². The summed E-state index contributed by atoms with van der Waals surface area (Å²) in [5.41, 5.74) is 2.04. The van der Waals surface area contributed by atoms with E-state index in [9.17, 15) is 4.39 Å². The lowest BCUT2D eigenvalue weighted by Gasteiger charge is -2.19. The van der Waals surface area contributed by atoms with Crippen molar-refractivity contribution in [3.8, 4) is 5.75 Å². The SMILES string of the molecule is Fc1ccc2c(c1)CC(CC(CCl)c1cccc(Cl)c1)O2. The van der Waals surface area contributed by atoms with Crippen molar-refractivity contribution >= 4 is 23.2 Å². The van der Waals surface area contributed by atoms with Gasteiger partial charge in [0.1, 0.15) is 17.7 Å². The number of halogens is 3. The second kappa shape index (κ2) is 6.25. The fourth-order valence-electron chi connectivity index (χ4n) is 2.79. The molecule has 3 rings (SSSR count). The first kappa shape index (κ1) is 14.7. The molecule has 4 heteroatoms. The zero-order valence-electron chi connectivity index (χ0n) is 11.4. The average Bonchev–Trinajstić information content (AvgIpc) is 2.86. The van der Waals surface area contributed by atoms with E-state index < -0.39 is 0 Å². The van der Waals surface area contributed by atoms with Crippen molar-refractivity contribution in [3.63, 3.8) is 0 Å². The summed E-state index contributed by atoms with van der Waals surface area (Å²) in [4.78, 5) is 0. The molecule has 1 aliphatic heterocycles. The normalized spacial score (nSPS) is 18.1. The van der Waals surface area contributed by atoms with Gasteiger partial charge in [0.05, 0.1) is 0 Å². The Labute approximate surface area is 133 Å². The molecule has 2 unspecified atom stereocenters. The molecule has 0 amide bonds. The lowest BCUT2D eigenvalue weighted by molar-refractivity contribution is 0.213. The van der Waals surface area contributed by atoms with Crippen LogP contribution in [0, 0.1) is 5.82 Å². The second-order valence-corrected chi connectivity index (χ2v) is 6.08. The van der Waals surface area contributed by atoms with Crippen molar-refractivity contribution in [2.45, 2.75) is 24.9 Å². The number of alkyl halides is 1. The number of benzene rings is 2. The number of rotatable bonds is 4. The minimum atomic E-state index is -0.221. The summed E-state index contributed by atoms with van der Waals surface area (Å²) in [6.07, 6.45) is 1.55. The van der Waals surface area contributed by atoms with Gasteiger partial charge in [-0.25, -0.2) is 4.39 Å². The Hall–Kier alpha value is -1.25. The fraction of sp³-hybridized carbons (Fsp3) is 0.294. The summed E-state index contributed by atoms with van der Waals surface area (Å²) >= 11 is 12.1. The highest BCUT2D eigenvalue weighted by atomic mass is 35.5. The van der Waals surface area contributed by atoms with Crippen LogP contribution in [0.5, 0.6) is 5.75 Å². The van der Waals surface area contributed by atoms with Crippen LogP contribution in [0.1, 0.15) is 23.5 Å². The van der Waals surface area contributed by atoms with E-state index in [1.54, 1.807) is 12.1 Å². The molecule has 0 saturated carbocycles. The highest BCUT2D eigenvalue weighted by Gasteiger charge is 2.26. The quantitative estimate of drug-likeness (QED) is 0.703. The first-order valence-electron chi connectivity index (χ1n) is 6.92. The Balaban J connectivity index is 1.72. The minimum absolute atomic E-state index is 0.0320. The van der Waals surface area contributed by atoms with Gasteiger partial charge in [0.2, 0.25) is 0 Å². The summed E-state index contributed by atoms with van der Waals surface area (Å²) in [5, 5.41) is 0.709. The minimum Gasteiger partial charge on any atom is -0.490 e. The molecule has 0 fully saturated rings. The lowest BCUT2D eigenvalue weighted by Crippen LogP contribution is -2.18. The molecular weight excluding hydrogens is 310 g/mol. The van der Waals surface area contributed by atoms with E-state index in [0.29, 0.717) is 10.9 Å². The van der Waals surface area contributed by atoms with Crippen LogP contribution in [0.4, 0.5) is 4.39 Å². The zero-order chi connectivity index (χ0) is 14.8. The maximum absolute atomic E-state index is 13.2. The van der Waals surface area contributed by atoms with Gasteiger partial charge in [0, 0.05) is 28.8 Å². The van der Waals surface area contributed by atoms with Crippen molar-refractivity contribution in [2.24, 2.45) is 0 Å². The molecule has 0 aromatic heterocycles. The van der Waals surface area contributed by atoms with Gasteiger partial charge in [-0.15, -0.1) is 11.6 Å². The van der Waals surface area contributed by atoms with Crippen molar-refractivity contribution in [2.75, 3.05) is 5.88 Å². The molecule has 0 bridgehead atoms. The Morgan fingerprint density at radius 2 is 2.10 bits per heavy atom. The third-order valence-corrected chi connectivity index (χ3v) is 4.43. The van der Waals surface area contributed by atoms with Crippen LogP contribution >= 0.6 is 23.2 Å². The summed E-state index contributed by atoms with van der Waals surface area (Å²) in [5.74, 6) is 1.24. The molecule has 0 spiro atoms. The summed E-state index contributed by atoms with van der Waals surface area (Å²) in [6, 6.07) is 12.4. The van der Waals surface area contributed by atoms with Gasteiger partial charge in [0.15, 0.2) is 0 Å². The predicted octanol–water partition coefficient (Wildman–Crippen LogP) is 5.20. The Bertz CT molecular complexity index is 644. The van der Waals surface area contributed by atoms with Gasteiger partial charge >= 0.3 is 0 Å². The van der Waals surface area contributed by atoms with Gasteiger partial charge < -0.3 is 4.74 Å². The number of hydrogen-bond donors (Lipinski definition) is 0. The van der Waals surface area contributed by atoms with Crippen molar-refractivity contribution in [1.29, 1.82) is 0 Å². The Morgan fingerprint density at radius 1 is 1.24 bits per heavy atom. The van der Waals surface area contributed by atoms with Crippen molar-refractivity contribution in [1.82, 2.24) is 0 Å². The molecule has 2 atom stereocenters. The van der Waals surface area contributed by atoms with E-state index >= 15 is 0 Å². The van der Waals surface area contributed by atoms with Crippen molar-refractivity contribution < 1.29 is 9.13 Å². The maximum atomic E-state index is 13.2. The molecule has 1 nitrogen and oxygen atoms in total.